The Balaban J connectivity index is 2.66. The first-order valence-corrected chi connectivity index (χ1v) is 14.8. The number of carbonyl (C=O) groups excluding carboxylic acids is 3. The van der Waals surface area contributed by atoms with Crippen molar-refractivity contribution in [3.05, 3.63) is 64.7 Å². The summed E-state index contributed by atoms with van der Waals surface area (Å²) in [6.45, 7) is 21.3. The molecule has 0 aliphatic heterocycles. The van der Waals surface area contributed by atoms with E-state index in [2.05, 4.69) is 24.5 Å². The number of hydrogen-bond donors (Lipinski definition) is 2. The number of aryl methyl sites for hydroxylation is 3. The lowest BCUT2D eigenvalue weighted by atomic mass is 9.94. The minimum absolute atomic E-state index is 0.241. The van der Waals surface area contributed by atoms with Crippen molar-refractivity contribution < 1.29 is 19.1 Å². The van der Waals surface area contributed by atoms with Crippen molar-refractivity contribution in [1.82, 2.24) is 10.2 Å². The summed E-state index contributed by atoms with van der Waals surface area (Å²) in [6, 6.07) is 11.5. The van der Waals surface area contributed by atoms with Crippen molar-refractivity contribution in [2.24, 2.45) is 11.8 Å². The number of rotatable bonds is 11. The molecule has 226 valence electrons. The summed E-state index contributed by atoms with van der Waals surface area (Å²) in [4.78, 5) is 43.4. The molecule has 0 aliphatic rings. The quantitative estimate of drug-likeness (QED) is 0.295. The Labute approximate surface area is 247 Å². The zero-order valence-corrected chi connectivity index (χ0v) is 26.9. The highest BCUT2D eigenvalue weighted by atomic mass is 16.6. The molecule has 7 nitrogen and oxygen atoms in total. The molecule has 2 rings (SSSR count). The van der Waals surface area contributed by atoms with Gasteiger partial charge in [0.25, 0.3) is 5.91 Å². The van der Waals surface area contributed by atoms with E-state index in [1.54, 1.807) is 25.7 Å². The topological polar surface area (TPSA) is 87.7 Å². The maximum Gasteiger partial charge on any atom is 0.408 e. The predicted octanol–water partition coefficient (Wildman–Crippen LogP) is 7.49. The highest BCUT2D eigenvalue weighted by Crippen LogP contribution is 2.31. The molecular weight excluding hydrogens is 514 g/mol. The minimum atomic E-state index is -0.912. The van der Waals surface area contributed by atoms with Crippen molar-refractivity contribution in [2.75, 3.05) is 5.32 Å². The fourth-order valence-electron chi connectivity index (χ4n) is 4.90. The molecule has 2 aromatic rings. The summed E-state index contributed by atoms with van der Waals surface area (Å²) in [5.41, 5.74) is 3.62. The van der Waals surface area contributed by atoms with E-state index < -0.39 is 23.8 Å². The second-order valence-electron chi connectivity index (χ2n) is 13.0. The maximum atomic E-state index is 14.5. The molecule has 2 aromatic carbocycles. The van der Waals surface area contributed by atoms with Gasteiger partial charge in [-0.25, -0.2) is 4.79 Å². The Kier molecular flexibility index (Phi) is 12.0. The Hall–Kier alpha value is -3.35. The normalized spacial score (nSPS) is 13.9. The van der Waals surface area contributed by atoms with E-state index in [-0.39, 0.29) is 23.8 Å². The number of ether oxygens (including phenoxy) is 1. The number of benzene rings is 2. The molecule has 0 aromatic heterocycles. The van der Waals surface area contributed by atoms with E-state index in [9.17, 15) is 14.4 Å². The van der Waals surface area contributed by atoms with Crippen LogP contribution in [-0.4, -0.2) is 40.5 Å². The number of hydrogen-bond acceptors (Lipinski definition) is 4. The first-order chi connectivity index (χ1) is 19.0. The number of carbonyl (C=O) groups is 3. The average Bonchev–Trinajstić information content (AvgIpc) is 2.84. The molecular formula is C34H51N3O4. The SMILES string of the molecule is Cc1cccc(C(C(=O)Nc2c(C)cccc2C)N(C(=O)C(NC(=O)OC(C)(C)C)C(C)C)C(C)CCC(C)C)c1. The Bertz CT molecular complexity index is 1180. The minimum Gasteiger partial charge on any atom is -0.444 e. The van der Waals surface area contributed by atoms with E-state index in [0.29, 0.717) is 12.3 Å². The Morgan fingerprint density at radius 3 is 1.98 bits per heavy atom. The molecule has 0 aliphatic carbocycles. The Morgan fingerprint density at radius 2 is 1.46 bits per heavy atom. The van der Waals surface area contributed by atoms with Crippen LogP contribution in [0, 0.1) is 32.6 Å². The van der Waals surface area contributed by atoms with Crippen LogP contribution in [0.25, 0.3) is 0 Å². The van der Waals surface area contributed by atoms with Gasteiger partial charge in [0.1, 0.15) is 17.7 Å². The number of para-hydroxylation sites is 1. The van der Waals surface area contributed by atoms with Crippen LogP contribution in [0.2, 0.25) is 0 Å². The molecule has 3 atom stereocenters. The standard InChI is InChI=1S/C34H51N3O4/c1-21(2)18-19-26(8)37(32(39)28(22(3)4)36-33(40)41-34(9,10)11)30(27-17-12-14-23(5)20-27)31(38)35-29-24(6)15-13-16-25(29)7/h12-17,20-22,26,28,30H,18-19H2,1-11H3,(H,35,38)(H,36,40). The lowest BCUT2D eigenvalue weighted by molar-refractivity contribution is -0.144. The number of alkyl carbamates (subject to hydrolysis) is 1. The first kappa shape index (κ1) is 33.9. The third kappa shape index (κ3) is 9.91. The van der Waals surface area contributed by atoms with Crippen molar-refractivity contribution >= 4 is 23.6 Å². The van der Waals surface area contributed by atoms with E-state index in [1.165, 1.54) is 0 Å². The largest absolute Gasteiger partial charge is 0.444 e. The molecule has 0 spiro atoms. The van der Waals surface area contributed by atoms with Crippen molar-refractivity contribution in [3.63, 3.8) is 0 Å². The molecule has 2 N–H and O–H groups in total. The molecule has 0 bridgehead atoms. The highest BCUT2D eigenvalue weighted by Gasteiger charge is 2.40. The van der Waals surface area contributed by atoms with Crippen LogP contribution in [-0.2, 0) is 14.3 Å². The molecule has 0 saturated heterocycles. The highest BCUT2D eigenvalue weighted by molar-refractivity contribution is 6.00. The van der Waals surface area contributed by atoms with E-state index in [4.69, 9.17) is 4.74 Å². The van der Waals surface area contributed by atoms with Gasteiger partial charge in [0.2, 0.25) is 5.91 Å². The zero-order valence-electron chi connectivity index (χ0n) is 26.9. The summed E-state index contributed by atoms with van der Waals surface area (Å²) >= 11 is 0. The molecule has 0 heterocycles. The second-order valence-corrected chi connectivity index (χ2v) is 13.0. The van der Waals surface area contributed by atoms with Gasteiger partial charge in [-0.05, 0) is 89.8 Å². The van der Waals surface area contributed by atoms with Gasteiger partial charge in [0.15, 0.2) is 0 Å². The number of nitrogens with zero attached hydrogens (tertiary/aromatic N) is 1. The van der Waals surface area contributed by atoms with Gasteiger partial charge in [-0.1, -0.05) is 75.7 Å². The summed E-state index contributed by atoms with van der Waals surface area (Å²) in [5, 5.41) is 5.96. The summed E-state index contributed by atoms with van der Waals surface area (Å²) in [7, 11) is 0. The van der Waals surface area contributed by atoms with Crippen LogP contribution in [0.1, 0.15) is 96.5 Å². The van der Waals surface area contributed by atoms with Crippen molar-refractivity contribution in [3.8, 4) is 0 Å². The fourth-order valence-corrected chi connectivity index (χ4v) is 4.90. The molecule has 7 heteroatoms. The van der Waals surface area contributed by atoms with Crippen LogP contribution in [0.5, 0.6) is 0 Å². The van der Waals surface area contributed by atoms with Crippen LogP contribution >= 0.6 is 0 Å². The first-order valence-electron chi connectivity index (χ1n) is 14.8. The van der Waals surface area contributed by atoms with Gasteiger partial charge in [-0.3, -0.25) is 9.59 Å². The summed E-state index contributed by atoms with van der Waals surface area (Å²) < 4.78 is 5.50. The van der Waals surface area contributed by atoms with Gasteiger partial charge in [0.05, 0.1) is 0 Å². The third-order valence-electron chi connectivity index (χ3n) is 7.11. The lowest BCUT2D eigenvalue weighted by Gasteiger charge is -2.39. The zero-order chi connectivity index (χ0) is 31.1. The van der Waals surface area contributed by atoms with Crippen molar-refractivity contribution in [2.45, 2.75) is 113 Å². The van der Waals surface area contributed by atoms with Gasteiger partial charge in [-0.15, -0.1) is 0 Å². The third-order valence-corrected chi connectivity index (χ3v) is 7.11. The second kappa shape index (κ2) is 14.5. The van der Waals surface area contributed by atoms with E-state index >= 15 is 0 Å². The van der Waals surface area contributed by atoms with Crippen molar-refractivity contribution in [1.29, 1.82) is 0 Å². The van der Waals surface area contributed by atoms with Gasteiger partial charge in [-0.2, -0.15) is 0 Å². The van der Waals surface area contributed by atoms with Gasteiger partial charge < -0.3 is 20.3 Å². The molecule has 0 radical (unpaired) electrons. The maximum absolute atomic E-state index is 14.5. The molecule has 0 fully saturated rings. The molecule has 41 heavy (non-hydrogen) atoms. The smallest absolute Gasteiger partial charge is 0.408 e. The van der Waals surface area contributed by atoms with Gasteiger partial charge in [0, 0.05) is 11.7 Å². The summed E-state index contributed by atoms with van der Waals surface area (Å²) in [5.74, 6) is -0.423. The molecule has 0 saturated carbocycles. The predicted molar refractivity (Wildman–Crippen MR) is 167 cm³/mol. The number of amides is 3. The van der Waals surface area contributed by atoms with Gasteiger partial charge >= 0.3 is 6.09 Å². The van der Waals surface area contributed by atoms with Crippen LogP contribution in [0.4, 0.5) is 10.5 Å². The summed E-state index contributed by atoms with van der Waals surface area (Å²) in [6.07, 6.45) is 0.932. The average molecular weight is 566 g/mol. The van der Waals surface area contributed by atoms with E-state index in [0.717, 1.165) is 34.4 Å². The molecule has 3 amide bonds. The number of anilines is 1. The van der Waals surface area contributed by atoms with Crippen LogP contribution < -0.4 is 10.6 Å². The monoisotopic (exact) mass is 565 g/mol. The Morgan fingerprint density at radius 1 is 0.878 bits per heavy atom. The number of nitrogens with one attached hydrogen (secondary N) is 2. The fraction of sp³-hybridized carbons (Fsp3) is 0.559. The lowest BCUT2D eigenvalue weighted by Crippen LogP contribution is -2.56. The molecule has 3 unspecified atom stereocenters. The van der Waals surface area contributed by atoms with Crippen LogP contribution in [0.3, 0.4) is 0 Å². The van der Waals surface area contributed by atoms with E-state index in [1.807, 2.05) is 84.0 Å². The van der Waals surface area contributed by atoms with Crippen LogP contribution in [0.15, 0.2) is 42.5 Å².